The van der Waals surface area contributed by atoms with E-state index in [1.807, 2.05) is 6.92 Å². The minimum absolute atomic E-state index is 0. The first-order valence-electron chi connectivity index (χ1n) is 6.57. The second-order valence-electron chi connectivity index (χ2n) is 4.90. The van der Waals surface area contributed by atoms with Crippen LogP contribution in [0.15, 0.2) is 41.1 Å². The summed E-state index contributed by atoms with van der Waals surface area (Å²) in [6.45, 7) is 1.83. The van der Waals surface area contributed by atoms with E-state index in [4.69, 9.17) is 0 Å². The van der Waals surface area contributed by atoms with Crippen molar-refractivity contribution in [2.24, 2.45) is 0 Å². The molecule has 1 amide bonds. The number of likely N-dealkylation sites (N-methyl/N-ethyl adjacent to an activating group) is 1. The van der Waals surface area contributed by atoms with Gasteiger partial charge in [0.15, 0.2) is 16.6 Å². The van der Waals surface area contributed by atoms with E-state index in [2.05, 4.69) is 10.3 Å². The SMILES string of the molecule is Cc1cnc(NC(=O)C2=C(O)c3ccccc3S(=O)(=O)N2C)s1.[Na+]. The monoisotopic (exact) mass is 374 g/mol. The molecule has 0 radical (unpaired) electrons. The van der Waals surface area contributed by atoms with Gasteiger partial charge in [0.05, 0.1) is 4.90 Å². The molecule has 1 aromatic heterocycles. The number of thiazole rings is 1. The number of hydrogen-bond acceptors (Lipinski definition) is 6. The van der Waals surface area contributed by atoms with Crippen LogP contribution in [0.25, 0.3) is 5.76 Å². The van der Waals surface area contributed by atoms with Gasteiger partial charge in [-0.25, -0.2) is 13.4 Å². The molecule has 0 saturated carbocycles. The van der Waals surface area contributed by atoms with E-state index in [0.29, 0.717) is 5.13 Å². The molecule has 3 rings (SSSR count). The first-order valence-corrected chi connectivity index (χ1v) is 8.83. The van der Waals surface area contributed by atoms with Gasteiger partial charge in [-0.3, -0.25) is 14.4 Å². The number of amides is 1. The van der Waals surface area contributed by atoms with E-state index in [9.17, 15) is 18.3 Å². The molecule has 1 aliphatic heterocycles. The van der Waals surface area contributed by atoms with Gasteiger partial charge in [0, 0.05) is 23.7 Å². The molecule has 0 spiro atoms. The standard InChI is InChI=1S/C14H13N3O4S2.Na/c1-8-7-15-14(22-8)16-13(19)11-12(18)9-5-3-4-6-10(9)23(20,21)17(11)2;/h3-7,18H,1-2H3,(H,15,16,19);/q;+1. The number of carbonyl (C=O) groups is 1. The summed E-state index contributed by atoms with van der Waals surface area (Å²) in [5, 5.41) is 13.2. The Morgan fingerprint density at radius 3 is 2.62 bits per heavy atom. The Kier molecular flexibility index (Phi) is 5.41. The number of aromatic nitrogens is 1. The van der Waals surface area contributed by atoms with Crippen molar-refractivity contribution in [1.29, 1.82) is 0 Å². The van der Waals surface area contributed by atoms with Crippen molar-refractivity contribution < 1.29 is 47.9 Å². The molecule has 2 aromatic rings. The van der Waals surface area contributed by atoms with Gasteiger partial charge >= 0.3 is 29.6 Å². The maximum Gasteiger partial charge on any atom is 1.00 e. The van der Waals surface area contributed by atoms with E-state index in [0.717, 1.165) is 9.18 Å². The van der Waals surface area contributed by atoms with Crippen LogP contribution in [0.2, 0.25) is 0 Å². The zero-order valence-electron chi connectivity index (χ0n) is 13.3. The first-order chi connectivity index (χ1) is 10.8. The van der Waals surface area contributed by atoms with Gasteiger partial charge in [0.1, 0.15) is 0 Å². The molecule has 0 aliphatic carbocycles. The number of nitrogens with zero attached hydrogens (tertiary/aromatic N) is 2. The van der Waals surface area contributed by atoms with Gasteiger partial charge in [-0.2, -0.15) is 0 Å². The van der Waals surface area contributed by atoms with Crippen molar-refractivity contribution in [2.45, 2.75) is 11.8 Å². The number of sulfonamides is 1. The van der Waals surface area contributed by atoms with Crippen LogP contribution in [0, 0.1) is 6.92 Å². The number of rotatable bonds is 2. The van der Waals surface area contributed by atoms with Crippen LogP contribution in [0.4, 0.5) is 5.13 Å². The molecule has 24 heavy (non-hydrogen) atoms. The third kappa shape index (κ3) is 3.09. The molecule has 0 unspecified atom stereocenters. The molecule has 10 heteroatoms. The fourth-order valence-electron chi connectivity index (χ4n) is 2.25. The maximum atomic E-state index is 12.5. The summed E-state index contributed by atoms with van der Waals surface area (Å²) in [4.78, 5) is 17.3. The molecule has 0 atom stereocenters. The summed E-state index contributed by atoms with van der Waals surface area (Å²) in [5.74, 6) is -1.12. The number of fused-ring (bicyclic) bond motifs is 1. The second-order valence-corrected chi connectivity index (χ2v) is 8.07. The molecule has 1 aliphatic rings. The van der Waals surface area contributed by atoms with Crippen LogP contribution in [0.5, 0.6) is 0 Å². The van der Waals surface area contributed by atoms with Crippen molar-refractivity contribution in [3.63, 3.8) is 0 Å². The minimum atomic E-state index is -3.90. The molecular weight excluding hydrogens is 361 g/mol. The number of benzene rings is 1. The average molecular weight is 374 g/mol. The Balaban J connectivity index is 0.00000208. The molecule has 1 aromatic carbocycles. The molecule has 7 nitrogen and oxygen atoms in total. The fraction of sp³-hybridized carbons (Fsp3) is 0.143. The van der Waals surface area contributed by atoms with Gasteiger partial charge in [-0.05, 0) is 19.1 Å². The van der Waals surface area contributed by atoms with Crippen molar-refractivity contribution in [2.75, 3.05) is 12.4 Å². The predicted molar refractivity (Wildman–Crippen MR) is 86.4 cm³/mol. The maximum absolute atomic E-state index is 12.5. The molecule has 2 N–H and O–H groups in total. The Morgan fingerprint density at radius 1 is 1.33 bits per heavy atom. The molecule has 0 bridgehead atoms. The summed E-state index contributed by atoms with van der Waals surface area (Å²) in [7, 11) is -2.67. The van der Waals surface area contributed by atoms with Gasteiger partial charge in [-0.1, -0.05) is 12.1 Å². The summed E-state index contributed by atoms with van der Waals surface area (Å²) in [6.07, 6.45) is 1.59. The molecule has 120 valence electrons. The molecular formula is C14H13N3NaO4S2+. The number of carbonyl (C=O) groups excluding carboxylic acids is 1. The van der Waals surface area contributed by atoms with E-state index in [1.165, 1.54) is 30.5 Å². The van der Waals surface area contributed by atoms with Crippen LogP contribution in [-0.2, 0) is 14.8 Å². The number of nitrogens with one attached hydrogen (secondary N) is 1. The zero-order chi connectivity index (χ0) is 16.8. The summed E-state index contributed by atoms with van der Waals surface area (Å²) < 4.78 is 25.8. The van der Waals surface area contributed by atoms with E-state index in [-0.39, 0.29) is 51.5 Å². The molecule has 2 heterocycles. The Bertz CT molecular complexity index is 937. The average Bonchev–Trinajstić information content (AvgIpc) is 2.91. The van der Waals surface area contributed by atoms with Gasteiger partial charge < -0.3 is 5.11 Å². The predicted octanol–water partition coefficient (Wildman–Crippen LogP) is -1.05. The molecule has 0 fully saturated rings. The van der Waals surface area contributed by atoms with Crippen molar-refractivity contribution >= 4 is 38.2 Å². The zero-order valence-corrected chi connectivity index (χ0v) is 16.9. The van der Waals surface area contributed by atoms with Crippen molar-refractivity contribution in [3.8, 4) is 0 Å². The minimum Gasteiger partial charge on any atom is -0.505 e. The Morgan fingerprint density at radius 2 is 2.00 bits per heavy atom. The quantitative estimate of drug-likeness (QED) is 0.654. The van der Waals surface area contributed by atoms with Crippen molar-refractivity contribution in [3.05, 3.63) is 46.6 Å². The van der Waals surface area contributed by atoms with Crippen LogP contribution < -0.4 is 34.9 Å². The third-order valence-corrected chi connectivity index (χ3v) is 6.02. The van der Waals surface area contributed by atoms with E-state index < -0.39 is 15.9 Å². The van der Waals surface area contributed by atoms with Gasteiger partial charge in [0.2, 0.25) is 0 Å². The largest absolute Gasteiger partial charge is 1.00 e. The third-order valence-electron chi connectivity index (χ3n) is 3.38. The van der Waals surface area contributed by atoms with Crippen LogP contribution in [0.1, 0.15) is 10.4 Å². The summed E-state index contributed by atoms with van der Waals surface area (Å²) in [5.41, 5.74) is -0.234. The first kappa shape index (κ1) is 18.9. The fourth-order valence-corrected chi connectivity index (χ4v) is 4.31. The van der Waals surface area contributed by atoms with Crippen LogP contribution in [-0.4, -0.2) is 35.8 Å². The van der Waals surface area contributed by atoms with Gasteiger partial charge in [0.25, 0.3) is 15.9 Å². The second kappa shape index (κ2) is 6.85. The normalized spacial score (nSPS) is 15.5. The number of anilines is 1. The number of aliphatic hydroxyl groups excluding tert-OH is 1. The summed E-state index contributed by atoms with van der Waals surface area (Å²) >= 11 is 1.25. The van der Waals surface area contributed by atoms with Crippen LogP contribution in [0.3, 0.4) is 0 Å². The number of hydrogen-bond donors (Lipinski definition) is 2. The summed E-state index contributed by atoms with van der Waals surface area (Å²) in [6, 6.07) is 5.99. The smallest absolute Gasteiger partial charge is 0.505 e. The van der Waals surface area contributed by atoms with E-state index in [1.54, 1.807) is 18.3 Å². The van der Waals surface area contributed by atoms with Gasteiger partial charge in [-0.15, -0.1) is 11.3 Å². The molecule has 0 saturated heterocycles. The Hall–Kier alpha value is -1.39. The topological polar surface area (TPSA) is 99.6 Å². The Labute approximate surface area is 165 Å². The van der Waals surface area contributed by atoms with Crippen LogP contribution >= 0.6 is 11.3 Å². The number of aryl methyl sites for hydroxylation is 1. The number of aliphatic hydroxyl groups is 1. The van der Waals surface area contributed by atoms with E-state index >= 15 is 0 Å². The van der Waals surface area contributed by atoms with Crippen molar-refractivity contribution in [1.82, 2.24) is 9.29 Å².